The van der Waals surface area contributed by atoms with Crippen LogP contribution in [0.2, 0.25) is 0 Å². The summed E-state index contributed by atoms with van der Waals surface area (Å²) in [6.07, 6.45) is 3.52. The lowest BCUT2D eigenvalue weighted by atomic mass is 9.97. The summed E-state index contributed by atoms with van der Waals surface area (Å²) in [6.45, 7) is 1.42. The van der Waals surface area contributed by atoms with Crippen molar-refractivity contribution in [3.05, 3.63) is 70.1 Å². The van der Waals surface area contributed by atoms with Crippen molar-refractivity contribution in [2.45, 2.75) is 19.3 Å². The van der Waals surface area contributed by atoms with Crippen LogP contribution in [-0.2, 0) is 23.5 Å². The number of aryl methyl sites for hydroxylation is 2. The SMILES string of the molecule is Cn1cccc(C(=O)N2CCC(CNS(=O)(=O)CCc3ccccc3)CC2)c1=O. The molecule has 0 bridgehead atoms. The first-order valence-corrected chi connectivity index (χ1v) is 11.5. The van der Waals surface area contributed by atoms with E-state index >= 15 is 0 Å². The number of benzene rings is 1. The van der Waals surface area contributed by atoms with Gasteiger partial charge in [-0.1, -0.05) is 30.3 Å². The van der Waals surface area contributed by atoms with E-state index in [4.69, 9.17) is 0 Å². The van der Waals surface area contributed by atoms with Gasteiger partial charge in [-0.2, -0.15) is 0 Å². The van der Waals surface area contributed by atoms with Gasteiger partial charge in [-0.05, 0) is 42.9 Å². The Hall–Kier alpha value is -2.45. The molecular weight excluding hydrogens is 390 g/mol. The van der Waals surface area contributed by atoms with Crippen molar-refractivity contribution in [2.24, 2.45) is 13.0 Å². The van der Waals surface area contributed by atoms with Gasteiger partial charge in [0.25, 0.3) is 11.5 Å². The number of hydrogen-bond acceptors (Lipinski definition) is 4. The number of aromatic nitrogens is 1. The predicted molar refractivity (Wildman–Crippen MR) is 112 cm³/mol. The van der Waals surface area contributed by atoms with E-state index < -0.39 is 10.0 Å². The topological polar surface area (TPSA) is 88.5 Å². The monoisotopic (exact) mass is 417 g/mol. The minimum Gasteiger partial charge on any atom is -0.338 e. The van der Waals surface area contributed by atoms with Crippen LogP contribution in [0.1, 0.15) is 28.8 Å². The van der Waals surface area contributed by atoms with Crippen molar-refractivity contribution in [1.82, 2.24) is 14.2 Å². The first-order chi connectivity index (χ1) is 13.9. The zero-order valence-electron chi connectivity index (χ0n) is 16.6. The summed E-state index contributed by atoms with van der Waals surface area (Å²) in [5, 5.41) is 0. The Bertz CT molecular complexity index is 994. The Kier molecular flexibility index (Phi) is 6.87. The first-order valence-electron chi connectivity index (χ1n) is 9.82. The highest BCUT2D eigenvalue weighted by atomic mass is 32.2. The molecule has 0 atom stereocenters. The molecule has 1 N–H and O–H groups in total. The molecule has 1 amide bonds. The van der Waals surface area contributed by atoms with Crippen LogP contribution in [0.4, 0.5) is 0 Å². The quantitative estimate of drug-likeness (QED) is 0.738. The van der Waals surface area contributed by atoms with Gasteiger partial charge in [0.2, 0.25) is 10.0 Å². The number of carbonyl (C=O) groups excluding carboxylic acids is 1. The smallest absolute Gasteiger partial charge is 0.263 e. The second-order valence-corrected chi connectivity index (χ2v) is 9.40. The van der Waals surface area contributed by atoms with Gasteiger partial charge in [-0.3, -0.25) is 9.59 Å². The van der Waals surface area contributed by atoms with Crippen molar-refractivity contribution < 1.29 is 13.2 Å². The zero-order valence-corrected chi connectivity index (χ0v) is 17.4. The fourth-order valence-corrected chi connectivity index (χ4v) is 4.62. The minimum atomic E-state index is -3.34. The van der Waals surface area contributed by atoms with E-state index in [0.717, 1.165) is 5.56 Å². The Morgan fingerprint density at radius 2 is 1.79 bits per heavy atom. The highest BCUT2D eigenvalue weighted by Gasteiger charge is 2.26. The third-order valence-electron chi connectivity index (χ3n) is 5.35. The summed E-state index contributed by atoms with van der Waals surface area (Å²) >= 11 is 0. The average molecular weight is 418 g/mol. The number of amides is 1. The molecule has 29 heavy (non-hydrogen) atoms. The number of nitrogens with one attached hydrogen (secondary N) is 1. The lowest BCUT2D eigenvalue weighted by molar-refractivity contribution is 0.0689. The average Bonchev–Trinajstić information content (AvgIpc) is 2.74. The summed E-state index contributed by atoms with van der Waals surface area (Å²) in [5.74, 6) is -0.0108. The van der Waals surface area contributed by atoms with Crippen molar-refractivity contribution >= 4 is 15.9 Å². The third kappa shape index (κ3) is 5.77. The van der Waals surface area contributed by atoms with Gasteiger partial charge in [-0.25, -0.2) is 13.1 Å². The number of piperidine rings is 1. The fourth-order valence-electron chi connectivity index (χ4n) is 3.48. The molecule has 1 aromatic carbocycles. The largest absolute Gasteiger partial charge is 0.338 e. The van der Waals surface area contributed by atoms with E-state index in [0.29, 0.717) is 38.9 Å². The van der Waals surface area contributed by atoms with Crippen molar-refractivity contribution in [2.75, 3.05) is 25.4 Å². The predicted octanol–water partition coefficient (Wildman–Crippen LogP) is 1.40. The van der Waals surface area contributed by atoms with Crippen molar-refractivity contribution in [1.29, 1.82) is 0 Å². The maximum Gasteiger partial charge on any atom is 0.263 e. The van der Waals surface area contributed by atoms with E-state index in [1.807, 2.05) is 30.3 Å². The molecule has 0 spiro atoms. The molecule has 156 valence electrons. The maximum atomic E-state index is 12.6. The standard InChI is InChI=1S/C21H27N3O4S/c1-23-12-5-8-19(20(23)25)21(26)24-13-9-18(10-14-24)16-22-29(27,28)15-11-17-6-3-2-4-7-17/h2-8,12,18,22H,9-11,13-16H2,1H3. The Labute approximate surface area is 171 Å². The van der Waals surface area contributed by atoms with E-state index in [2.05, 4.69) is 4.72 Å². The van der Waals surface area contributed by atoms with Crippen LogP contribution in [-0.4, -0.2) is 49.2 Å². The first kappa shape index (κ1) is 21.3. The number of nitrogens with zero attached hydrogens (tertiary/aromatic N) is 2. The highest BCUT2D eigenvalue weighted by molar-refractivity contribution is 7.89. The van der Waals surface area contributed by atoms with Crippen molar-refractivity contribution in [3.8, 4) is 0 Å². The Morgan fingerprint density at radius 3 is 2.48 bits per heavy atom. The molecule has 0 aliphatic carbocycles. The third-order valence-corrected chi connectivity index (χ3v) is 6.70. The molecule has 3 rings (SSSR count). The number of hydrogen-bond donors (Lipinski definition) is 1. The molecular formula is C21H27N3O4S. The van der Waals surface area contributed by atoms with Crippen LogP contribution in [0.5, 0.6) is 0 Å². The summed E-state index contributed by atoms with van der Waals surface area (Å²) in [6, 6.07) is 12.8. The van der Waals surface area contributed by atoms with E-state index in [9.17, 15) is 18.0 Å². The van der Waals surface area contributed by atoms with Gasteiger partial charge < -0.3 is 9.47 Å². The van der Waals surface area contributed by atoms with Gasteiger partial charge in [0.1, 0.15) is 5.56 Å². The number of rotatable bonds is 7. The van der Waals surface area contributed by atoms with Crippen LogP contribution in [0.25, 0.3) is 0 Å². The van der Waals surface area contributed by atoms with Crippen LogP contribution >= 0.6 is 0 Å². The summed E-state index contributed by atoms with van der Waals surface area (Å²) in [4.78, 5) is 26.4. The molecule has 1 fully saturated rings. The van der Waals surface area contributed by atoms with Crippen LogP contribution in [0.3, 0.4) is 0 Å². The number of likely N-dealkylation sites (tertiary alicyclic amines) is 1. The molecule has 2 heterocycles. The molecule has 0 saturated carbocycles. The summed E-state index contributed by atoms with van der Waals surface area (Å²) in [7, 11) is -1.72. The van der Waals surface area contributed by atoms with E-state index in [1.165, 1.54) is 4.57 Å². The van der Waals surface area contributed by atoms with Crippen molar-refractivity contribution in [3.63, 3.8) is 0 Å². The molecule has 0 radical (unpaired) electrons. The zero-order chi connectivity index (χ0) is 20.9. The molecule has 1 aliphatic rings. The Balaban J connectivity index is 1.46. The summed E-state index contributed by atoms with van der Waals surface area (Å²) < 4.78 is 28.6. The van der Waals surface area contributed by atoms with Gasteiger partial charge in [0.15, 0.2) is 0 Å². The van der Waals surface area contributed by atoms with Gasteiger partial charge in [0.05, 0.1) is 5.75 Å². The lowest BCUT2D eigenvalue weighted by Crippen LogP contribution is -2.43. The fraction of sp³-hybridized carbons (Fsp3) is 0.429. The van der Waals surface area contributed by atoms with Gasteiger partial charge in [-0.15, -0.1) is 0 Å². The van der Waals surface area contributed by atoms with E-state index in [1.54, 1.807) is 30.3 Å². The van der Waals surface area contributed by atoms with Crippen LogP contribution in [0, 0.1) is 5.92 Å². The second kappa shape index (κ2) is 9.37. The summed E-state index contributed by atoms with van der Waals surface area (Å²) in [5.41, 5.74) is 0.873. The van der Waals surface area contributed by atoms with Crippen LogP contribution < -0.4 is 10.3 Å². The molecule has 1 aliphatic heterocycles. The second-order valence-electron chi connectivity index (χ2n) is 7.48. The lowest BCUT2D eigenvalue weighted by Gasteiger charge is -2.32. The highest BCUT2D eigenvalue weighted by Crippen LogP contribution is 2.18. The Morgan fingerprint density at radius 1 is 1.10 bits per heavy atom. The normalized spacial score (nSPS) is 15.4. The number of pyridine rings is 1. The molecule has 8 heteroatoms. The molecule has 7 nitrogen and oxygen atoms in total. The molecule has 1 aromatic heterocycles. The molecule has 2 aromatic rings. The molecule has 0 unspecified atom stereocenters. The van der Waals surface area contributed by atoms with Gasteiger partial charge >= 0.3 is 0 Å². The number of carbonyl (C=O) groups is 1. The maximum absolute atomic E-state index is 12.6. The molecule has 1 saturated heterocycles. The van der Waals surface area contributed by atoms with E-state index in [-0.39, 0.29) is 28.7 Å². The number of sulfonamides is 1. The minimum absolute atomic E-state index is 0.0612. The van der Waals surface area contributed by atoms with Crippen LogP contribution in [0.15, 0.2) is 53.5 Å². The van der Waals surface area contributed by atoms with Gasteiger partial charge in [0, 0.05) is 32.9 Å².